The monoisotopic (exact) mass is 363 g/mol. The number of halogens is 1. The number of carbonyl (C=O) groups is 1. The fourth-order valence-electron chi connectivity index (χ4n) is 2.08. The van der Waals surface area contributed by atoms with Gasteiger partial charge in [-0.15, -0.1) is 11.3 Å². The highest BCUT2D eigenvalue weighted by Crippen LogP contribution is 2.21. The van der Waals surface area contributed by atoms with E-state index in [2.05, 4.69) is 31.2 Å². The maximum Gasteiger partial charge on any atom is 0.220 e. The Morgan fingerprint density at radius 2 is 2.14 bits per heavy atom. The Morgan fingerprint density at radius 3 is 2.90 bits per heavy atom. The first kappa shape index (κ1) is 14.3. The van der Waals surface area contributed by atoms with Gasteiger partial charge in [0.1, 0.15) is 5.82 Å². The van der Waals surface area contributed by atoms with E-state index in [1.54, 1.807) is 11.3 Å². The highest BCUT2D eigenvalue weighted by Gasteiger charge is 2.06. The van der Waals surface area contributed by atoms with Crippen molar-refractivity contribution in [2.24, 2.45) is 0 Å². The number of thiophene rings is 1. The van der Waals surface area contributed by atoms with Crippen LogP contribution in [-0.2, 0) is 17.8 Å². The first-order chi connectivity index (χ1) is 10.2. The molecule has 2 heterocycles. The Bertz CT molecular complexity index is 732. The van der Waals surface area contributed by atoms with Crippen molar-refractivity contribution in [1.82, 2.24) is 15.3 Å². The minimum atomic E-state index is 0.0416. The standard InChI is InChI=1S/C15H14BrN3OS/c16-13-6-5-10(21-13)9-17-15(20)8-7-14-18-11-3-1-2-4-12(11)19-14/h1-6H,7-9H2,(H,17,20)(H,18,19). The molecule has 0 bridgehead atoms. The number of nitrogens with zero attached hydrogens (tertiary/aromatic N) is 1. The minimum Gasteiger partial charge on any atom is -0.351 e. The molecule has 3 aromatic rings. The number of para-hydroxylation sites is 2. The van der Waals surface area contributed by atoms with Crippen LogP contribution in [0.1, 0.15) is 17.1 Å². The van der Waals surface area contributed by atoms with Crippen molar-refractivity contribution >= 4 is 44.2 Å². The minimum absolute atomic E-state index is 0.0416. The van der Waals surface area contributed by atoms with Crippen LogP contribution in [0.2, 0.25) is 0 Å². The van der Waals surface area contributed by atoms with Crippen LogP contribution in [0.4, 0.5) is 0 Å². The van der Waals surface area contributed by atoms with E-state index < -0.39 is 0 Å². The SMILES string of the molecule is O=C(CCc1nc2ccccc2[nH]1)NCc1ccc(Br)s1. The first-order valence-electron chi connectivity index (χ1n) is 6.65. The van der Waals surface area contributed by atoms with Crippen molar-refractivity contribution in [3.63, 3.8) is 0 Å². The highest BCUT2D eigenvalue weighted by molar-refractivity contribution is 9.11. The zero-order chi connectivity index (χ0) is 14.7. The molecule has 1 aromatic carbocycles. The number of hydrogen-bond acceptors (Lipinski definition) is 3. The summed E-state index contributed by atoms with van der Waals surface area (Å²) in [6.45, 7) is 0.579. The Kier molecular flexibility index (Phi) is 4.36. The van der Waals surface area contributed by atoms with Gasteiger partial charge in [-0.2, -0.15) is 0 Å². The number of carbonyl (C=O) groups excluding carboxylic acids is 1. The van der Waals surface area contributed by atoms with Gasteiger partial charge in [0.2, 0.25) is 5.91 Å². The molecular formula is C15H14BrN3OS. The summed E-state index contributed by atoms with van der Waals surface area (Å²) in [6.07, 6.45) is 1.06. The number of fused-ring (bicyclic) bond motifs is 1. The third-order valence-electron chi connectivity index (χ3n) is 3.12. The molecule has 4 nitrogen and oxygen atoms in total. The van der Waals surface area contributed by atoms with E-state index in [-0.39, 0.29) is 5.91 Å². The van der Waals surface area contributed by atoms with Crippen molar-refractivity contribution in [3.05, 3.63) is 50.9 Å². The van der Waals surface area contributed by atoms with Crippen LogP contribution >= 0.6 is 27.3 Å². The molecule has 0 aliphatic rings. The molecule has 2 aromatic heterocycles. The number of aromatic amines is 1. The molecule has 0 saturated heterocycles. The number of hydrogen-bond donors (Lipinski definition) is 2. The van der Waals surface area contributed by atoms with Crippen molar-refractivity contribution in [2.75, 3.05) is 0 Å². The van der Waals surface area contributed by atoms with E-state index in [1.807, 2.05) is 36.4 Å². The maximum atomic E-state index is 11.9. The van der Waals surface area contributed by atoms with Crippen LogP contribution in [0.15, 0.2) is 40.2 Å². The fraction of sp³-hybridized carbons (Fsp3) is 0.200. The number of imidazole rings is 1. The zero-order valence-electron chi connectivity index (χ0n) is 11.2. The Labute approximate surface area is 134 Å². The molecular weight excluding hydrogens is 350 g/mol. The van der Waals surface area contributed by atoms with Crippen LogP contribution in [-0.4, -0.2) is 15.9 Å². The molecule has 0 saturated carbocycles. The lowest BCUT2D eigenvalue weighted by Crippen LogP contribution is -2.22. The summed E-state index contributed by atoms with van der Waals surface area (Å²) in [7, 11) is 0. The van der Waals surface area contributed by atoms with Crippen molar-refractivity contribution in [3.8, 4) is 0 Å². The molecule has 0 radical (unpaired) electrons. The summed E-state index contributed by atoms with van der Waals surface area (Å²) in [5.74, 6) is 0.894. The van der Waals surface area contributed by atoms with E-state index >= 15 is 0 Å². The summed E-state index contributed by atoms with van der Waals surface area (Å²) in [5.41, 5.74) is 1.95. The van der Waals surface area contributed by atoms with Crippen LogP contribution in [0.3, 0.4) is 0 Å². The quantitative estimate of drug-likeness (QED) is 0.726. The van der Waals surface area contributed by atoms with Crippen molar-refractivity contribution < 1.29 is 4.79 Å². The van der Waals surface area contributed by atoms with Crippen LogP contribution in [0, 0.1) is 0 Å². The van der Waals surface area contributed by atoms with E-state index in [4.69, 9.17) is 0 Å². The van der Waals surface area contributed by atoms with Gasteiger partial charge in [-0.1, -0.05) is 12.1 Å². The second-order valence-corrected chi connectivity index (χ2v) is 7.23. The van der Waals surface area contributed by atoms with Gasteiger partial charge in [0.25, 0.3) is 0 Å². The van der Waals surface area contributed by atoms with E-state index in [0.29, 0.717) is 19.4 Å². The molecule has 108 valence electrons. The summed E-state index contributed by atoms with van der Waals surface area (Å²) < 4.78 is 1.08. The van der Waals surface area contributed by atoms with Gasteiger partial charge < -0.3 is 10.3 Å². The van der Waals surface area contributed by atoms with Gasteiger partial charge in [0, 0.05) is 17.7 Å². The Morgan fingerprint density at radius 1 is 1.29 bits per heavy atom. The molecule has 1 amide bonds. The summed E-state index contributed by atoms with van der Waals surface area (Å²) in [4.78, 5) is 20.7. The molecule has 21 heavy (non-hydrogen) atoms. The van der Waals surface area contributed by atoms with Crippen molar-refractivity contribution in [2.45, 2.75) is 19.4 Å². The molecule has 0 fully saturated rings. The van der Waals surface area contributed by atoms with Gasteiger partial charge in [-0.05, 0) is 40.2 Å². The maximum absolute atomic E-state index is 11.9. The third-order valence-corrected chi connectivity index (χ3v) is 4.74. The van der Waals surface area contributed by atoms with Gasteiger partial charge in [-0.25, -0.2) is 4.98 Å². The molecule has 0 aliphatic heterocycles. The van der Waals surface area contributed by atoms with E-state index in [1.165, 1.54) is 0 Å². The lowest BCUT2D eigenvalue weighted by Gasteiger charge is -2.02. The number of H-pyrrole nitrogens is 1. The van der Waals surface area contributed by atoms with Crippen molar-refractivity contribution in [1.29, 1.82) is 0 Å². The Balaban J connectivity index is 1.51. The number of aryl methyl sites for hydroxylation is 1. The largest absolute Gasteiger partial charge is 0.351 e. The second-order valence-electron chi connectivity index (χ2n) is 4.68. The molecule has 0 spiro atoms. The molecule has 3 rings (SSSR count). The second kappa shape index (κ2) is 6.41. The predicted octanol–water partition coefficient (Wildman–Crippen LogP) is 3.64. The van der Waals surface area contributed by atoms with Crippen LogP contribution < -0.4 is 5.32 Å². The number of rotatable bonds is 5. The number of aromatic nitrogens is 2. The molecule has 2 N–H and O–H groups in total. The van der Waals surface area contributed by atoms with Gasteiger partial charge >= 0.3 is 0 Å². The average molecular weight is 364 g/mol. The van der Waals surface area contributed by atoms with Gasteiger partial charge in [0.05, 0.1) is 21.4 Å². The Hall–Kier alpha value is -1.66. The summed E-state index contributed by atoms with van der Waals surface area (Å²) in [6, 6.07) is 11.9. The average Bonchev–Trinajstić information content (AvgIpc) is 3.08. The van der Waals surface area contributed by atoms with Gasteiger partial charge in [0.15, 0.2) is 0 Å². The smallest absolute Gasteiger partial charge is 0.220 e. The van der Waals surface area contributed by atoms with Crippen LogP contribution in [0.5, 0.6) is 0 Å². The lowest BCUT2D eigenvalue weighted by atomic mass is 10.3. The van der Waals surface area contributed by atoms with E-state index in [9.17, 15) is 4.79 Å². The van der Waals surface area contributed by atoms with Crippen LogP contribution in [0.25, 0.3) is 11.0 Å². The first-order valence-corrected chi connectivity index (χ1v) is 8.26. The molecule has 0 atom stereocenters. The number of amides is 1. The predicted molar refractivity (Wildman–Crippen MR) is 88.3 cm³/mol. The molecule has 0 unspecified atom stereocenters. The topological polar surface area (TPSA) is 57.8 Å². The molecule has 0 aliphatic carbocycles. The highest BCUT2D eigenvalue weighted by atomic mass is 79.9. The normalized spacial score (nSPS) is 10.9. The molecule has 6 heteroatoms. The number of benzene rings is 1. The summed E-state index contributed by atoms with van der Waals surface area (Å²) >= 11 is 5.04. The van der Waals surface area contributed by atoms with E-state index in [0.717, 1.165) is 25.5 Å². The fourth-order valence-corrected chi connectivity index (χ4v) is 3.50. The number of nitrogens with one attached hydrogen (secondary N) is 2. The zero-order valence-corrected chi connectivity index (χ0v) is 13.6. The van der Waals surface area contributed by atoms with Gasteiger partial charge in [-0.3, -0.25) is 4.79 Å². The summed E-state index contributed by atoms with van der Waals surface area (Å²) in [5, 5.41) is 2.93. The lowest BCUT2D eigenvalue weighted by molar-refractivity contribution is -0.121. The third kappa shape index (κ3) is 3.71.